The molecule has 0 saturated carbocycles. The van der Waals surface area contributed by atoms with Gasteiger partial charge in [-0.2, -0.15) is 8.42 Å². The van der Waals surface area contributed by atoms with Crippen LogP contribution in [0.5, 0.6) is 0 Å². The molecular formula is C19H25N7O11S. The zero-order valence-corrected chi connectivity index (χ0v) is 20.8. The molecule has 6 N–H and O–H groups in total. The molecule has 2 aliphatic heterocycles. The van der Waals surface area contributed by atoms with Crippen LogP contribution in [0.25, 0.3) is 11.2 Å². The molecule has 0 bridgehead atoms. The van der Waals surface area contributed by atoms with Crippen LogP contribution in [0.2, 0.25) is 0 Å². The number of anilines is 1. The van der Waals surface area contributed by atoms with Crippen LogP contribution in [0.1, 0.15) is 32.9 Å². The van der Waals surface area contributed by atoms with Crippen molar-refractivity contribution in [3.63, 3.8) is 0 Å². The van der Waals surface area contributed by atoms with Crippen LogP contribution in [-0.2, 0) is 38.3 Å². The SMILES string of the molecule is CC1(C)O[C@@H]2[C@H](O1)[C@@H](COS(N)(=O)=O)O[C@H]2n1cnc2c(NC(=O)N[C@@H](CCC(=O)O)C(=O)O)ncnc21. The molecule has 4 rings (SSSR count). The highest BCUT2D eigenvalue weighted by atomic mass is 32.2. The highest BCUT2D eigenvalue weighted by molar-refractivity contribution is 7.84. The number of nitrogens with one attached hydrogen (secondary N) is 2. The topological polar surface area (TPSA) is 256 Å². The maximum Gasteiger partial charge on any atom is 0.333 e. The van der Waals surface area contributed by atoms with E-state index in [9.17, 15) is 27.9 Å². The highest BCUT2D eigenvalue weighted by Crippen LogP contribution is 2.44. The van der Waals surface area contributed by atoms with Gasteiger partial charge in [0.25, 0.3) is 0 Å². The molecule has 19 heteroatoms. The van der Waals surface area contributed by atoms with Crippen molar-refractivity contribution in [1.82, 2.24) is 24.8 Å². The summed E-state index contributed by atoms with van der Waals surface area (Å²) in [5.74, 6) is -3.71. The first-order chi connectivity index (χ1) is 17.7. The van der Waals surface area contributed by atoms with E-state index in [0.29, 0.717) is 0 Å². The standard InChI is InChI=1S/C19H25N7O11S/c1-19(2)36-12-9(5-34-38(20,32)33)35-16(13(12)37-19)26-7-23-11-14(21-6-22-15(11)26)25-18(31)24-8(17(29)30)3-4-10(27)28/h6-9,12-13,16H,3-5H2,1-2H3,(H,27,28)(H,29,30)(H2,20,32,33)(H2,21,22,24,25,31)/t8-,9+,12+,13+,16+/m0/s1. The number of nitrogens with two attached hydrogens (primary N) is 1. The van der Waals surface area contributed by atoms with Crippen molar-refractivity contribution in [2.75, 3.05) is 11.9 Å². The highest BCUT2D eigenvalue weighted by Gasteiger charge is 2.56. The average molecular weight is 560 g/mol. The molecule has 0 aromatic carbocycles. The third-order valence-electron chi connectivity index (χ3n) is 5.64. The number of carbonyl (C=O) groups is 3. The van der Waals surface area contributed by atoms with Crippen LogP contribution in [0.3, 0.4) is 0 Å². The molecule has 2 aromatic rings. The van der Waals surface area contributed by atoms with Gasteiger partial charge in [-0.25, -0.2) is 29.7 Å². The molecular weight excluding hydrogens is 534 g/mol. The predicted molar refractivity (Wildman–Crippen MR) is 123 cm³/mol. The molecule has 2 saturated heterocycles. The minimum absolute atomic E-state index is 0.0683. The Hall–Kier alpha value is -3.49. The number of hydrogen-bond donors (Lipinski definition) is 5. The monoisotopic (exact) mass is 559 g/mol. The minimum Gasteiger partial charge on any atom is -0.481 e. The van der Waals surface area contributed by atoms with Crippen LogP contribution in [0, 0.1) is 0 Å². The number of aromatic nitrogens is 4. The van der Waals surface area contributed by atoms with Gasteiger partial charge in [-0.1, -0.05) is 0 Å². The zero-order valence-electron chi connectivity index (χ0n) is 20.0. The van der Waals surface area contributed by atoms with E-state index in [1.807, 2.05) is 0 Å². The Balaban J connectivity index is 1.55. The molecule has 2 amide bonds. The molecule has 5 atom stereocenters. The predicted octanol–water partition coefficient (Wildman–Crippen LogP) is -1.10. The summed E-state index contributed by atoms with van der Waals surface area (Å²) in [6.07, 6.45) is -1.56. The van der Waals surface area contributed by atoms with Gasteiger partial charge in [-0.05, 0) is 20.3 Å². The molecule has 0 radical (unpaired) electrons. The average Bonchev–Trinajstić information content (AvgIpc) is 3.45. The number of rotatable bonds is 10. The fraction of sp³-hybridized carbons (Fsp3) is 0.579. The molecule has 208 valence electrons. The van der Waals surface area contributed by atoms with Crippen molar-refractivity contribution in [1.29, 1.82) is 0 Å². The maximum atomic E-state index is 12.4. The smallest absolute Gasteiger partial charge is 0.333 e. The van der Waals surface area contributed by atoms with Gasteiger partial charge >= 0.3 is 28.3 Å². The molecule has 0 spiro atoms. The summed E-state index contributed by atoms with van der Waals surface area (Å²) in [7, 11) is -4.24. The second-order valence-electron chi connectivity index (χ2n) is 8.88. The summed E-state index contributed by atoms with van der Waals surface area (Å²) in [4.78, 5) is 46.9. The quantitative estimate of drug-likeness (QED) is 0.232. The number of nitrogens with zero attached hydrogens (tertiary/aromatic N) is 4. The lowest BCUT2D eigenvalue weighted by molar-refractivity contribution is -0.198. The number of carbonyl (C=O) groups excluding carboxylic acids is 1. The Labute approximate surface area is 214 Å². The molecule has 2 aromatic heterocycles. The summed E-state index contributed by atoms with van der Waals surface area (Å²) < 4.78 is 46.6. The number of imidazole rings is 1. The van der Waals surface area contributed by atoms with E-state index in [-0.39, 0.29) is 23.4 Å². The molecule has 18 nitrogen and oxygen atoms in total. The summed E-state index contributed by atoms with van der Waals surface area (Å²) in [6, 6.07) is -2.41. The van der Waals surface area contributed by atoms with E-state index in [1.165, 1.54) is 10.9 Å². The van der Waals surface area contributed by atoms with Crippen molar-refractivity contribution in [3.05, 3.63) is 12.7 Å². The third-order valence-corrected chi connectivity index (χ3v) is 6.10. The first kappa shape index (κ1) is 27.5. The largest absolute Gasteiger partial charge is 0.481 e. The fourth-order valence-electron chi connectivity index (χ4n) is 4.14. The Morgan fingerprint density at radius 2 is 1.92 bits per heavy atom. The zero-order chi connectivity index (χ0) is 27.8. The second-order valence-corrected chi connectivity index (χ2v) is 10.1. The number of hydrogen-bond acceptors (Lipinski definition) is 12. The molecule has 0 aliphatic carbocycles. The molecule has 2 fully saturated rings. The normalized spacial score (nSPS) is 25.1. The Bertz CT molecular complexity index is 1350. The lowest BCUT2D eigenvalue weighted by Crippen LogP contribution is -2.43. The van der Waals surface area contributed by atoms with E-state index in [2.05, 4.69) is 25.6 Å². The number of carboxylic acids is 2. The Morgan fingerprint density at radius 1 is 1.21 bits per heavy atom. The van der Waals surface area contributed by atoms with Gasteiger partial charge in [-0.3, -0.25) is 18.9 Å². The Morgan fingerprint density at radius 3 is 2.58 bits per heavy atom. The van der Waals surface area contributed by atoms with Crippen LogP contribution in [-0.4, -0.2) is 92.9 Å². The first-order valence-corrected chi connectivity index (χ1v) is 12.6. The van der Waals surface area contributed by atoms with Crippen LogP contribution in [0.4, 0.5) is 10.6 Å². The number of amides is 2. The third kappa shape index (κ3) is 6.14. The summed E-state index contributed by atoms with van der Waals surface area (Å²) >= 11 is 0. The number of carboxylic acid groups (broad SMARTS) is 2. The van der Waals surface area contributed by atoms with Gasteiger partial charge in [0.2, 0.25) is 0 Å². The lowest BCUT2D eigenvalue weighted by atomic mass is 10.1. The second kappa shape index (κ2) is 10.3. The van der Waals surface area contributed by atoms with E-state index < -0.39 is 77.7 Å². The van der Waals surface area contributed by atoms with Crippen molar-refractivity contribution in [3.8, 4) is 0 Å². The number of urea groups is 1. The number of aliphatic carboxylic acids is 2. The van der Waals surface area contributed by atoms with Crippen LogP contribution in [0.15, 0.2) is 12.7 Å². The molecule has 4 heterocycles. The molecule has 0 unspecified atom stereocenters. The summed E-state index contributed by atoms with van der Waals surface area (Å²) in [5, 5.41) is 27.5. The van der Waals surface area contributed by atoms with Gasteiger partial charge in [0, 0.05) is 6.42 Å². The Kier molecular flexibility index (Phi) is 7.50. The van der Waals surface area contributed by atoms with Gasteiger partial charge < -0.3 is 29.7 Å². The summed E-state index contributed by atoms with van der Waals surface area (Å²) in [6.45, 7) is 2.92. The van der Waals surface area contributed by atoms with Gasteiger partial charge in [-0.15, -0.1) is 0 Å². The maximum absolute atomic E-state index is 12.4. The molecule has 38 heavy (non-hydrogen) atoms. The van der Waals surface area contributed by atoms with Crippen molar-refractivity contribution in [2.24, 2.45) is 5.14 Å². The minimum atomic E-state index is -4.24. The van der Waals surface area contributed by atoms with E-state index in [1.54, 1.807) is 13.8 Å². The lowest BCUT2D eigenvalue weighted by Gasteiger charge is -2.24. The molecule has 2 aliphatic rings. The summed E-state index contributed by atoms with van der Waals surface area (Å²) in [5.41, 5.74) is 0.309. The van der Waals surface area contributed by atoms with Gasteiger partial charge in [0.05, 0.1) is 12.9 Å². The first-order valence-electron chi connectivity index (χ1n) is 11.1. The number of ether oxygens (including phenoxy) is 3. The van der Waals surface area contributed by atoms with Crippen LogP contribution < -0.4 is 15.8 Å². The van der Waals surface area contributed by atoms with Gasteiger partial charge in [0.15, 0.2) is 29.0 Å². The van der Waals surface area contributed by atoms with Crippen molar-refractivity contribution in [2.45, 2.75) is 63.1 Å². The van der Waals surface area contributed by atoms with Gasteiger partial charge in [0.1, 0.15) is 30.7 Å². The van der Waals surface area contributed by atoms with Crippen molar-refractivity contribution < 1.29 is 51.4 Å². The fourth-order valence-corrected chi connectivity index (χ4v) is 4.46. The van der Waals surface area contributed by atoms with E-state index >= 15 is 0 Å². The van der Waals surface area contributed by atoms with E-state index in [4.69, 9.17) is 28.6 Å². The van der Waals surface area contributed by atoms with Crippen LogP contribution >= 0.6 is 0 Å². The number of fused-ring (bicyclic) bond motifs is 2. The van der Waals surface area contributed by atoms with Crippen molar-refractivity contribution >= 4 is 45.3 Å². The van der Waals surface area contributed by atoms with E-state index in [0.717, 1.165) is 6.33 Å².